The van der Waals surface area contributed by atoms with E-state index in [2.05, 4.69) is 10.3 Å². The van der Waals surface area contributed by atoms with Crippen LogP contribution >= 0.6 is 11.6 Å². The van der Waals surface area contributed by atoms with Crippen LogP contribution in [-0.2, 0) is 0 Å². The number of fused-ring (bicyclic) bond motifs is 1. The number of rotatable bonds is 3. The van der Waals surface area contributed by atoms with Crippen LogP contribution in [0.15, 0.2) is 60.8 Å². The Hall–Kier alpha value is -2.92. The lowest BCUT2D eigenvalue weighted by atomic mass is 10.2. The lowest BCUT2D eigenvalue weighted by Crippen LogP contribution is -2.32. The minimum absolute atomic E-state index is 0.146. The minimum atomic E-state index is -0.538. The van der Waals surface area contributed by atoms with Gasteiger partial charge < -0.3 is 5.32 Å². The van der Waals surface area contributed by atoms with Gasteiger partial charge in [0.15, 0.2) is 6.17 Å². The lowest BCUT2D eigenvalue weighted by Gasteiger charge is -2.27. The molecule has 1 aliphatic rings. The van der Waals surface area contributed by atoms with Crippen molar-refractivity contribution in [3.63, 3.8) is 0 Å². The van der Waals surface area contributed by atoms with Gasteiger partial charge in [0.05, 0.1) is 22.0 Å². The number of pyridine rings is 1. The Kier molecular flexibility index (Phi) is 4.09. The van der Waals surface area contributed by atoms with E-state index >= 15 is 0 Å². The highest BCUT2D eigenvalue weighted by Gasteiger charge is 2.39. The van der Waals surface area contributed by atoms with Crippen LogP contribution in [0.5, 0.6) is 0 Å². The number of benzene rings is 2. The highest BCUT2D eigenvalue weighted by Crippen LogP contribution is 2.38. The highest BCUT2D eigenvalue weighted by molar-refractivity contribution is 6.33. The van der Waals surface area contributed by atoms with Gasteiger partial charge in [0, 0.05) is 11.9 Å². The first kappa shape index (κ1) is 16.5. The van der Waals surface area contributed by atoms with Gasteiger partial charge in [-0.3, -0.25) is 14.7 Å². The molecule has 26 heavy (non-hydrogen) atoms. The van der Waals surface area contributed by atoms with Crippen molar-refractivity contribution in [2.45, 2.75) is 13.1 Å². The molecule has 1 aromatic heterocycles. The zero-order valence-electron chi connectivity index (χ0n) is 13.9. The van der Waals surface area contributed by atoms with Gasteiger partial charge in [-0.05, 0) is 49.4 Å². The summed E-state index contributed by atoms with van der Waals surface area (Å²) in [5, 5.41) is 3.47. The number of hydrogen-bond donors (Lipinski definition) is 1. The number of hydrogen-bond acceptors (Lipinski definition) is 3. The molecule has 6 heteroatoms. The fourth-order valence-electron chi connectivity index (χ4n) is 3.04. The average molecular weight is 368 g/mol. The van der Waals surface area contributed by atoms with Crippen molar-refractivity contribution in [1.29, 1.82) is 0 Å². The second kappa shape index (κ2) is 6.42. The molecule has 130 valence electrons. The maximum atomic E-state index is 13.4. The Morgan fingerprint density at radius 1 is 1.15 bits per heavy atom. The predicted octanol–water partition coefficient (Wildman–Crippen LogP) is 4.95. The SMILES string of the molecule is Cc1ccc(N2C(=O)c3cccnc3C2Nc2ccc(F)cc2Cl)cc1. The Bertz CT molecular complexity index is 991. The molecule has 4 nitrogen and oxygen atoms in total. The number of halogens is 2. The van der Waals surface area contributed by atoms with Gasteiger partial charge >= 0.3 is 0 Å². The molecule has 0 fully saturated rings. The van der Waals surface area contributed by atoms with Gasteiger partial charge in [0.2, 0.25) is 0 Å². The summed E-state index contributed by atoms with van der Waals surface area (Å²) < 4.78 is 13.4. The summed E-state index contributed by atoms with van der Waals surface area (Å²) in [4.78, 5) is 19.0. The fraction of sp³-hybridized carbons (Fsp3) is 0.100. The van der Waals surface area contributed by atoms with Gasteiger partial charge in [-0.1, -0.05) is 29.3 Å². The summed E-state index contributed by atoms with van der Waals surface area (Å²) in [5.41, 5.74) is 3.51. The number of nitrogens with one attached hydrogen (secondary N) is 1. The van der Waals surface area contributed by atoms with Gasteiger partial charge in [-0.15, -0.1) is 0 Å². The van der Waals surface area contributed by atoms with Crippen LogP contribution in [0, 0.1) is 12.7 Å². The molecule has 1 aliphatic heterocycles. The maximum Gasteiger partial charge on any atom is 0.262 e. The molecule has 4 rings (SSSR count). The van der Waals surface area contributed by atoms with Crippen LogP contribution in [0.1, 0.15) is 27.8 Å². The van der Waals surface area contributed by atoms with E-state index in [0.717, 1.165) is 11.3 Å². The number of anilines is 2. The third-order valence-corrected chi connectivity index (χ3v) is 4.65. The van der Waals surface area contributed by atoms with Crippen LogP contribution in [0.4, 0.5) is 15.8 Å². The summed E-state index contributed by atoms with van der Waals surface area (Å²) in [5.74, 6) is -0.565. The normalized spacial score (nSPS) is 15.9. The third kappa shape index (κ3) is 2.80. The largest absolute Gasteiger partial charge is 0.359 e. The smallest absolute Gasteiger partial charge is 0.262 e. The highest BCUT2D eigenvalue weighted by atomic mass is 35.5. The lowest BCUT2D eigenvalue weighted by molar-refractivity contribution is 0.0993. The predicted molar refractivity (Wildman–Crippen MR) is 100.0 cm³/mol. The quantitative estimate of drug-likeness (QED) is 0.712. The van der Waals surface area contributed by atoms with Crippen LogP contribution in [-0.4, -0.2) is 10.9 Å². The van der Waals surface area contributed by atoms with Crippen LogP contribution in [0.25, 0.3) is 0 Å². The Balaban J connectivity index is 1.79. The number of aryl methyl sites for hydroxylation is 1. The molecule has 0 radical (unpaired) electrons. The van der Waals surface area contributed by atoms with Gasteiger partial charge in [0.1, 0.15) is 5.82 Å². The second-order valence-electron chi connectivity index (χ2n) is 6.12. The summed E-state index contributed by atoms with van der Waals surface area (Å²) in [6, 6.07) is 15.3. The Labute approximate surface area is 155 Å². The summed E-state index contributed by atoms with van der Waals surface area (Å²) >= 11 is 6.16. The van der Waals surface area contributed by atoms with E-state index in [1.807, 2.05) is 31.2 Å². The summed E-state index contributed by atoms with van der Waals surface area (Å²) in [6.45, 7) is 1.99. The van der Waals surface area contributed by atoms with Crippen molar-refractivity contribution in [3.8, 4) is 0 Å². The van der Waals surface area contributed by atoms with E-state index in [1.165, 1.54) is 12.1 Å². The van der Waals surface area contributed by atoms with E-state index < -0.39 is 12.0 Å². The van der Waals surface area contributed by atoms with Crippen molar-refractivity contribution in [2.24, 2.45) is 0 Å². The molecule has 0 bridgehead atoms. The molecule has 0 saturated carbocycles. The molecule has 1 unspecified atom stereocenters. The number of amides is 1. The molecule has 0 aliphatic carbocycles. The van der Waals surface area contributed by atoms with Crippen molar-refractivity contribution in [3.05, 3.63) is 88.5 Å². The monoisotopic (exact) mass is 367 g/mol. The molecule has 2 heterocycles. The molecule has 3 aromatic rings. The molecular formula is C20H15ClFN3O. The molecule has 1 atom stereocenters. The first-order valence-corrected chi connectivity index (χ1v) is 8.49. The first-order valence-electron chi connectivity index (χ1n) is 8.11. The van der Waals surface area contributed by atoms with E-state index in [1.54, 1.807) is 29.3 Å². The van der Waals surface area contributed by atoms with Crippen molar-refractivity contribution < 1.29 is 9.18 Å². The first-order chi connectivity index (χ1) is 12.5. The maximum absolute atomic E-state index is 13.4. The van der Waals surface area contributed by atoms with Crippen LogP contribution in [0.3, 0.4) is 0 Å². The van der Waals surface area contributed by atoms with Crippen molar-refractivity contribution in [1.82, 2.24) is 4.98 Å². The van der Waals surface area contributed by atoms with Crippen LogP contribution in [0.2, 0.25) is 5.02 Å². The van der Waals surface area contributed by atoms with E-state index in [4.69, 9.17) is 11.6 Å². The van der Waals surface area contributed by atoms with Crippen molar-refractivity contribution >= 4 is 28.9 Å². The van der Waals surface area contributed by atoms with Crippen molar-refractivity contribution in [2.75, 3.05) is 10.2 Å². The molecule has 0 saturated heterocycles. The molecular weight excluding hydrogens is 353 g/mol. The van der Waals surface area contributed by atoms with Gasteiger partial charge in [0.25, 0.3) is 5.91 Å². The number of carbonyl (C=O) groups is 1. The zero-order chi connectivity index (χ0) is 18.3. The standard InChI is InChI=1S/C20H15ClFN3O/c1-12-4-7-14(8-5-12)25-19(18-15(20(25)26)3-2-10-23-18)24-17-9-6-13(22)11-16(17)21/h2-11,19,24H,1H3. The van der Waals surface area contributed by atoms with E-state index in [9.17, 15) is 9.18 Å². The number of carbonyl (C=O) groups excluding carboxylic acids is 1. The Morgan fingerprint density at radius 3 is 2.65 bits per heavy atom. The van der Waals surface area contributed by atoms with Gasteiger partial charge in [-0.2, -0.15) is 0 Å². The van der Waals surface area contributed by atoms with E-state index in [-0.39, 0.29) is 10.9 Å². The summed E-state index contributed by atoms with van der Waals surface area (Å²) in [7, 11) is 0. The molecule has 2 aromatic carbocycles. The van der Waals surface area contributed by atoms with Crippen LogP contribution < -0.4 is 10.2 Å². The van der Waals surface area contributed by atoms with Gasteiger partial charge in [-0.25, -0.2) is 4.39 Å². The average Bonchev–Trinajstić information content (AvgIpc) is 2.91. The fourth-order valence-corrected chi connectivity index (χ4v) is 3.27. The number of aromatic nitrogens is 1. The third-order valence-electron chi connectivity index (χ3n) is 4.34. The second-order valence-corrected chi connectivity index (χ2v) is 6.53. The molecule has 1 N–H and O–H groups in total. The molecule has 0 spiro atoms. The van der Waals surface area contributed by atoms with E-state index in [0.29, 0.717) is 16.9 Å². The number of nitrogens with zero attached hydrogens (tertiary/aromatic N) is 2. The Morgan fingerprint density at radius 2 is 1.92 bits per heavy atom. The zero-order valence-corrected chi connectivity index (χ0v) is 14.7. The topological polar surface area (TPSA) is 45.2 Å². The molecule has 1 amide bonds. The minimum Gasteiger partial charge on any atom is -0.359 e. The summed E-state index contributed by atoms with van der Waals surface area (Å²) in [6.07, 6.45) is 1.11.